The smallest absolute Gasteiger partial charge is 0.230 e. The third-order valence-electron chi connectivity index (χ3n) is 9.63. The van der Waals surface area contributed by atoms with Gasteiger partial charge in [-0.15, -0.1) is 0 Å². The van der Waals surface area contributed by atoms with Gasteiger partial charge in [0.1, 0.15) is 5.82 Å². The number of hydrogen-bond acceptors (Lipinski definition) is 3. The zero-order valence-electron chi connectivity index (χ0n) is 24.8. The summed E-state index contributed by atoms with van der Waals surface area (Å²) in [4.78, 5) is 46.3. The first-order valence-electron chi connectivity index (χ1n) is 14.9. The maximum Gasteiger partial charge on any atom is 0.230 e. The zero-order chi connectivity index (χ0) is 30.3. The van der Waals surface area contributed by atoms with Crippen LogP contribution in [0.2, 0.25) is 10.0 Å². The van der Waals surface area contributed by atoms with Crippen LogP contribution in [0.1, 0.15) is 69.4 Å². The third kappa shape index (κ3) is 6.19. The molecule has 3 fully saturated rings. The highest BCUT2D eigenvalue weighted by molar-refractivity contribution is 6.42. The van der Waals surface area contributed by atoms with Crippen LogP contribution in [0.25, 0.3) is 0 Å². The summed E-state index contributed by atoms with van der Waals surface area (Å²) in [5.41, 5.74) is 1.48. The predicted octanol–water partition coefficient (Wildman–Crippen LogP) is 6.36. The number of carbonyl (C=O) groups excluding carboxylic acids is 3. The van der Waals surface area contributed by atoms with E-state index >= 15 is 0 Å². The number of carbonyl (C=O) groups is 3. The van der Waals surface area contributed by atoms with E-state index in [4.69, 9.17) is 23.2 Å². The summed E-state index contributed by atoms with van der Waals surface area (Å²) in [7, 11) is 1.80. The van der Waals surface area contributed by atoms with E-state index in [0.717, 1.165) is 24.0 Å². The van der Waals surface area contributed by atoms with Crippen molar-refractivity contribution >= 4 is 40.9 Å². The lowest BCUT2D eigenvalue weighted by molar-refractivity contribution is -0.142. The Bertz CT molecular complexity index is 1340. The van der Waals surface area contributed by atoms with Gasteiger partial charge in [0.2, 0.25) is 17.7 Å². The van der Waals surface area contributed by atoms with Gasteiger partial charge < -0.3 is 14.7 Å². The second-order valence-corrected chi connectivity index (χ2v) is 13.8. The molecule has 42 heavy (non-hydrogen) atoms. The van der Waals surface area contributed by atoms with Crippen molar-refractivity contribution in [3.8, 4) is 0 Å². The number of nitrogens with zero attached hydrogens (tertiary/aromatic N) is 3. The number of likely N-dealkylation sites (tertiary alicyclic amines) is 2. The minimum absolute atomic E-state index is 0.0150. The van der Waals surface area contributed by atoms with E-state index in [1.54, 1.807) is 30.1 Å². The number of piperidine rings is 1. The monoisotopic (exact) mass is 615 g/mol. The van der Waals surface area contributed by atoms with Crippen molar-refractivity contribution in [3.05, 3.63) is 69.5 Å². The number of hydrogen-bond donors (Lipinski definition) is 0. The summed E-state index contributed by atoms with van der Waals surface area (Å²) in [5.74, 6) is -0.899. The number of likely N-dealkylation sites (N-methyl/N-ethyl adjacent to an activating group) is 1. The molecule has 3 aliphatic rings. The lowest BCUT2D eigenvalue weighted by atomic mass is 9.86. The number of benzene rings is 2. The third-order valence-corrected chi connectivity index (χ3v) is 10.4. The highest BCUT2D eigenvalue weighted by Gasteiger charge is 2.48. The Hall–Kier alpha value is -2.64. The molecule has 1 aliphatic carbocycles. The Balaban J connectivity index is 1.35. The average molecular weight is 617 g/mol. The Morgan fingerprint density at radius 2 is 1.60 bits per heavy atom. The van der Waals surface area contributed by atoms with Crippen LogP contribution in [0.15, 0.2) is 42.5 Å². The Kier molecular flexibility index (Phi) is 8.92. The van der Waals surface area contributed by atoms with Crippen LogP contribution in [0, 0.1) is 23.1 Å². The van der Waals surface area contributed by atoms with E-state index in [2.05, 4.69) is 0 Å². The van der Waals surface area contributed by atoms with E-state index in [-0.39, 0.29) is 52.7 Å². The SMILES string of the molecule is CC(C)C(C(=O)N(C)[C@H]1CN(C(=O)C2CCN(C(=O)C3(C)CC3)CC2)C[C@@H]1c1ccc(Cl)c(Cl)c1)c1ccc(F)cc1. The van der Waals surface area contributed by atoms with Gasteiger partial charge in [-0.2, -0.15) is 0 Å². The molecule has 0 N–H and O–H groups in total. The molecular weight excluding hydrogens is 576 g/mol. The molecule has 5 rings (SSSR count). The van der Waals surface area contributed by atoms with Crippen LogP contribution in [0.3, 0.4) is 0 Å². The van der Waals surface area contributed by atoms with Gasteiger partial charge in [0, 0.05) is 50.5 Å². The summed E-state index contributed by atoms with van der Waals surface area (Å²) in [6.07, 6.45) is 3.18. The highest BCUT2D eigenvalue weighted by atomic mass is 35.5. The first kappa shape index (κ1) is 30.8. The number of halogens is 3. The first-order valence-corrected chi connectivity index (χ1v) is 15.7. The quantitative estimate of drug-likeness (QED) is 0.364. The minimum atomic E-state index is -0.454. The maximum atomic E-state index is 14.1. The van der Waals surface area contributed by atoms with Crippen LogP contribution >= 0.6 is 23.2 Å². The zero-order valence-corrected chi connectivity index (χ0v) is 26.3. The second kappa shape index (κ2) is 12.2. The second-order valence-electron chi connectivity index (χ2n) is 12.9. The van der Waals surface area contributed by atoms with Crippen LogP contribution < -0.4 is 0 Å². The highest BCUT2D eigenvalue weighted by Crippen LogP contribution is 2.47. The molecule has 0 radical (unpaired) electrons. The van der Waals surface area contributed by atoms with Gasteiger partial charge in [-0.3, -0.25) is 14.4 Å². The molecule has 3 amide bonds. The van der Waals surface area contributed by atoms with Crippen LogP contribution in [-0.4, -0.2) is 71.7 Å². The van der Waals surface area contributed by atoms with Gasteiger partial charge in [-0.1, -0.05) is 62.2 Å². The molecular formula is C33H40Cl2FN3O3. The van der Waals surface area contributed by atoms with Crippen LogP contribution in [0.4, 0.5) is 4.39 Å². The topological polar surface area (TPSA) is 60.9 Å². The normalized spacial score (nSPS) is 22.8. The fraction of sp³-hybridized carbons (Fsp3) is 0.545. The predicted molar refractivity (Wildman–Crippen MR) is 163 cm³/mol. The summed E-state index contributed by atoms with van der Waals surface area (Å²) >= 11 is 12.6. The Morgan fingerprint density at radius 1 is 0.952 bits per heavy atom. The van der Waals surface area contributed by atoms with Crippen LogP contribution in [0.5, 0.6) is 0 Å². The van der Waals surface area contributed by atoms with E-state index in [0.29, 0.717) is 49.1 Å². The number of amides is 3. The van der Waals surface area contributed by atoms with Gasteiger partial charge in [-0.05, 0) is 67.0 Å². The Morgan fingerprint density at radius 3 is 2.17 bits per heavy atom. The molecule has 0 bridgehead atoms. The standard InChI is InChI=1S/C33H40Cl2FN3O3/c1-20(2)29(21-5-8-24(36)9-6-21)31(41)37(4)28-19-39(18-25(28)23-7-10-26(34)27(35)17-23)30(40)22-11-15-38(16-12-22)32(42)33(3)13-14-33/h5-10,17,20,22,25,28-29H,11-16,18-19H2,1-4H3/t25-,28+,29?/m1/s1. The van der Waals surface area contributed by atoms with Crippen molar-refractivity contribution in [1.29, 1.82) is 0 Å². The molecule has 9 heteroatoms. The number of rotatable bonds is 7. The van der Waals surface area contributed by atoms with Gasteiger partial charge in [0.15, 0.2) is 0 Å². The van der Waals surface area contributed by atoms with E-state index in [1.807, 2.05) is 42.7 Å². The molecule has 2 saturated heterocycles. The fourth-order valence-electron chi connectivity index (χ4n) is 6.67. The summed E-state index contributed by atoms with van der Waals surface area (Å²) < 4.78 is 13.7. The van der Waals surface area contributed by atoms with E-state index in [1.165, 1.54) is 12.1 Å². The lowest BCUT2D eigenvalue weighted by Crippen LogP contribution is -2.47. The van der Waals surface area contributed by atoms with Gasteiger partial charge in [0.25, 0.3) is 0 Å². The fourth-order valence-corrected chi connectivity index (χ4v) is 6.97. The molecule has 226 valence electrons. The van der Waals surface area contributed by atoms with Crippen molar-refractivity contribution in [2.24, 2.45) is 17.3 Å². The van der Waals surface area contributed by atoms with E-state index < -0.39 is 5.92 Å². The van der Waals surface area contributed by atoms with Crippen molar-refractivity contribution in [1.82, 2.24) is 14.7 Å². The van der Waals surface area contributed by atoms with E-state index in [9.17, 15) is 18.8 Å². The molecule has 3 atom stereocenters. The van der Waals surface area contributed by atoms with Crippen LogP contribution in [-0.2, 0) is 14.4 Å². The maximum absolute atomic E-state index is 14.1. The molecule has 2 heterocycles. The largest absolute Gasteiger partial charge is 0.342 e. The summed E-state index contributed by atoms with van der Waals surface area (Å²) in [6, 6.07) is 11.3. The minimum Gasteiger partial charge on any atom is -0.342 e. The van der Waals surface area contributed by atoms with Gasteiger partial charge in [-0.25, -0.2) is 4.39 Å². The molecule has 1 saturated carbocycles. The lowest BCUT2D eigenvalue weighted by Gasteiger charge is -2.35. The Labute approximate surface area is 258 Å². The molecule has 6 nitrogen and oxygen atoms in total. The van der Waals surface area contributed by atoms with Gasteiger partial charge in [0.05, 0.1) is 22.0 Å². The molecule has 2 aromatic rings. The summed E-state index contributed by atoms with van der Waals surface area (Å²) in [5, 5.41) is 0.879. The molecule has 2 aromatic carbocycles. The van der Waals surface area contributed by atoms with Gasteiger partial charge >= 0.3 is 0 Å². The first-order chi connectivity index (χ1) is 19.9. The molecule has 0 spiro atoms. The molecule has 0 aromatic heterocycles. The summed E-state index contributed by atoms with van der Waals surface area (Å²) in [6.45, 7) is 8.06. The van der Waals surface area contributed by atoms with Crippen molar-refractivity contribution in [2.45, 2.75) is 64.3 Å². The van der Waals surface area contributed by atoms with Crippen molar-refractivity contribution < 1.29 is 18.8 Å². The van der Waals surface area contributed by atoms with Crippen molar-refractivity contribution in [2.75, 3.05) is 33.2 Å². The average Bonchev–Trinajstić information content (AvgIpc) is 3.57. The van der Waals surface area contributed by atoms with Crippen molar-refractivity contribution in [3.63, 3.8) is 0 Å². The molecule has 2 aliphatic heterocycles. The molecule has 1 unspecified atom stereocenters.